The molecular weight excluding hydrogens is 248 g/mol. The van der Waals surface area contributed by atoms with Crippen molar-refractivity contribution >= 4 is 17.7 Å². The van der Waals surface area contributed by atoms with Crippen molar-refractivity contribution in [3.8, 4) is 0 Å². The molecule has 0 spiro atoms. The Bertz CT molecular complexity index is 409. The summed E-state index contributed by atoms with van der Waals surface area (Å²) in [4.78, 5) is 0. The van der Waals surface area contributed by atoms with E-state index in [4.69, 9.17) is 21.1 Å². The fraction of sp³-hybridized carbons (Fsp3) is 0.467. The summed E-state index contributed by atoms with van der Waals surface area (Å²) in [5, 5.41) is 0.744. The molecule has 2 rings (SSSR count). The Hall–Kier alpha value is -0.830. The zero-order chi connectivity index (χ0) is 12.8. The van der Waals surface area contributed by atoms with Crippen molar-refractivity contribution in [1.82, 2.24) is 0 Å². The minimum Gasteiger partial charge on any atom is -0.353 e. The highest BCUT2D eigenvalue weighted by atomic mass is 35.5. The topological polar surface area (TPSA) is 18.5 Å². The van der Waals surface area contributed by atoms with Crippen molar-refractivity contribution in [2.45, 2.75) is 39.1 Å². The van der Waals surface area contributed by atoms with Crippen LogP contribution in [0.2, 0.25) is 5.02 Å². The van der Waals surface area contributed by atoms with Gasteiger partial charge in [0.2, 0.25) is 0 Å². The van der Waals surface area contributed by atoms with Crippen LogP contribution in [0.25, 0.3) is 6.08 Å². The highest BCUT2D eigenvalue weighted by Gasteiger charge is 2.14. The third kappa shape index (κ3) is 4.13. The van der Waals surface area contributed by atoms with Crippen LogP contribution in [0.1, 0.15) is 37.3 Å². The van der Waals surface area contributed by atoms with Gasteiger partial charge in [-0.2, -0.15) is 0 Å². The summed E-state index contributed by atoms with van der Waals surface area (Å²) in [7, 11) is 0. The van der Waals surface area contributed by atoms with Crippen LogP contribution in [0.3, 0.4) is 0 Å². The van der Waals surface area contributed by atoms with Gasteiger partial charge in [0, 0.05) is 11.6 Å². The number of hydrogen-bond acceptors (Lipinski definition) is 2. The molecule has 1 unspecified atom stereocenters. The van der Waals surface area contributed by atoms with E-state index in [1.54, 1.807) is 0 Å². The van der Waals surface area contributed by atoms with Gasteiger partial charge in [-0.3, -0.25) is 0 Å². The molecule has 0 aromatic heterocycles. The fourth-order valence-electron chi connectivity index (χ4n) is 2.08. The molecule has 1 aromatic rings. The van der Waals surface area contributed by atoms with E-state index >= 15 is 0 Å². The van der Waals surface area contributed by atoms with E-state index in [-0.39, 0.29) is 6.29 Å². The van der Waals surface area contributed by atoms with Gasteiger partial charge in [-0.05, 0) is 55.5 Å². The summed E-state index contributed by atoms with van der Waals surface area (Å²) in [6, 6.07) is 5.98. The molecule has 98 valence electrons. The van der Waals surface area contributed by atoms with Crippen molar-refractivity contribution in [2.75, 3.05) is 6.61 Å². The zero-order valence-electron chi connectivity index (χ0n) is 10.7. The van der Waals surface area contributed by atoms with Gasteiger partial charge in [0.05, 0.1) is 6.61 Å². The van der Waals surface area contributed by atoms with Crippen molar-refractivity contribution < 1.29 is 9.47 Å². The van der Waals surface area contributed by atoms with Gasteiger partial charge < -0.3 is 9.47 Å². The monoisotopic (exact) mass is 266 g/mol. The molecule has 0 radical (unpaired) electrons. The molecule has 0 N–H and O–H groups in total. The van der Waals surface area contributed by atoms with Gasteiger partial charge in [-0.1, -0.05) is 23.8 Å². The maximum Gasteiger partial charge on any atom is 0.158 e. The van der Waals surface area contributed by atoms with Gasteiger partial charge in [-0.25, -0.2) is 0 Å². The first-order valence-corrected chi connectivity index (χ1v) is 6.81. The summed E-state index contributed by atoms with van der Waals surface area (Å²) < 4.78 is 11.3. The molecule has 1 saturated heterocycles. The maximum absolute atomic E-state index is 6.09. The van der Waals surface area contributed by atoms with Crippen LogP contribution in [-0.2, 0) is 16.1 Å². The van der Waals surface area contributed by atoms with Crippen LogP contribution in [0, 0.1) is 0 Å². The average Bonchev–Trinajstić information content (AvgIpc) is 2.37. The Kier molecular flexibility index (Phi) is 5.24. The number of hydrogen-bond donors (Lipinski definition) is 0. The van der Waals surface area contributed by atoms with Gasteiger partial charge in [-0.15, -0.1) is 0 Å². The summed E-state index contributed by atoms with van der Waals surface area (Å²) in [5.74, 6) is 0. The summed E-state index contributed by atoms with van der Waals surface area (Å²) in [6.45, 7) is 3.35. The molecule has 0 aliphatic carbocycles. The second-order valence-corrected chi connectivity index (χ2v) is 4.94. The number of ether oxygens (including phenoxy) is 2. The quantitative estimate of drug-likeness (QED) is 0.803. The lowest BCUT2D eigenvalue weighted by Gasteiger charge is -2.22. The second-order valence-electron chi connectivity index (χ2n) is 4.50. The van der Waals surface area contributed by atoms with E-state index in [1.165, 1.54) is 6.42 Å². The first-order chi connectivity index (χ1) is 8.78. The lowest BCUT2D eigenvalue weighted by atomic mass is 10.1. The molecule has 0 amide bonds. The van der Waals surface area contributed by atoms with Crippen LogP contribution in [0.5, 0.6) is 0 Å². The third-order valence-electron chi connectivity index (χ3n) is 2.91. The molecule has 1 aliphatic rings. The van der Waals surface area contributed by atoms with E-state index in [2.05, 4.69) is 6.07 Å². The largest absolute Gasteiger partial charge is 0.353 e. The smallest absolute Gasteiger partial charge is 0.158 e. The second kappa shape index (κ2) is 6.93. The molecular formula is C15H19ClO2. The molecule has 1 atom stereocenters. The normalized spacial score (nSPS) is 20.4. The average molecular weight is 267 g/mol. The number of rotatable bonds is 4. The molecule has 1 fully saturated rings. The summed E-state index contributed by atoms with van der Waals surface area (Å²) in [6.07, 6.45) is 7.30. The SMILES string of the molecule is C/C=C/c1cc(Cl)cc(COC2CCCCO2)c1. The van der Waals surface area contributed by atoms with Gasteiger partial charge in [0.15, 0.2) is 6.29 Å². The Morgan fingerprint density at radius 3 is 3.00 bits per heavy atom. The van der Waals surface area contributed by atoms with Gasteiger partial charge >= 0.3 is 0 Å². The Labute approximate surface area is 114 Å². The molecule has 2 nitrogen and oxygen atoms in total. The summed E-state index contributed by atoms with van der Waals surface area (Å²) in [5.41, 5.74) is 2.19. The van der Waals surface area contributed by atoms with Crippen LogP contribution in [0.15, 0.2) is 24.3 Å². The third-order valence-corrected chi connectivity index (χ3v) is 3.13. The van der Waals surface area contributed by atoms with E-state index in [0.717, 1.165) is 35.6 Å². The molecule has 18 heavy (non-hydrogen) atoms. The lowest BCUT2D eigenvalue weighted by Crippen LogP contribution is -2.22. The van der Waals surface area contributed by atoms with Crippen molar-refractivity contribution in [2.24, 2.45) is 0 Å². The maximum atomic E-state index is 6.09. The zero-order valence-corrected chi connectivity index (χ0v) is 11.5. The first-order valence-electron chi connectivity index (χ1n) is 6.43. The van der Waals surface area contributed by atoms with E-state index in [1.807, 2.05) is 31.2 Å². The van der Waals surface area contributed by atoms with Crippen LogP contribution in [0.4, 0.5) is 0 Å². The minimum atomic E-state index is -0.0529. The lowest BCUT2D eigenvalue weighted by molar-refractivity contribution is -0.168. The van der Waals surface area contributed by atoms with E-state index in [9.17, 15) is 0 Å². The number of allylic oxidation sites excluding steroid dienone is 1. The van der Waals surface area contributed by atoms with Crippen LogP contribution in [-0.4, -0.2) is 12.9 Å². The molecule has 1 aromatic carbocycles. The van der Waals surface area contributed by atoms with Gasteiger partial charge in [0.25, 0.3) is 0 Å². The fourth-order valence-corrected chi connectivity index (χ4v) is 2.35. The Morgan fingerprint density at radius 2 is 2.28 bits per heavy atom. The number of benzene rings is 1. The van der Waals surface area contributed by atoms with E-state index in [0.29, 0.717) is 6.61 Å². The van der Waals surface area contributed by atoms with E-state index < -0.39 is 0 Å². The minimum absolute atomic E-state index is 0.0529. The molecule has 1 heterocycles. The molecule has 3 heteroatoms. The predicted octanol–water partition coefficient (Wildman–Crippen LogP) is 4.42. The van der Waals surface area contributed by atoms with Crippen molar-refractivity contribution in [3.05, 3.63) is 40.4 Å². The van der Waals surface area contributed by atoms with Crippen molar-refractivity contribution in [1.29, 1.82) is 0 Å². The Balaban J connectivity index is 1.95. The molecule has 0 saturated carbocycles. The predicted molar refractivity (Wildman–Crippen MR) is 74.5 cm³/mol. The first kappa shape index (κ1) is 13.6. The standard InChI is InChI=1S/C15H19ClO2/c1-2-5-12-8-13(10-14(16)9-12)11-18-15-6-3-4-7-17-15/h2,5,8-10,15H,3-4,6-7,11H2,1H3/b5-2+. The van der Waals surface area contributed by atoms with Crippen molar-refractivity contribution in [3.63, 3.8) is 0 Å². The van der Waals surface area contributed by atoms with Crippen LogP contribution < -0.4 is 0 Å². The Morgan fingerprint density at radius 1 is 1.39 bits per heavy atom. The summed E-state index contributed by atoms with van der Waals surface area (Å²) >= 11 is 6.09. The highest BCUT2D eigenvalue weighted by Crippen LogP contribution is 2.19. The molecule has 0 bridgehead atoms. The number of halogens is 1. The van der Waals surface area contributed by atoms with Crippen LogP contribution >= 0.6 is 11.6 Å². The molecule has 1 aliphatic heterocycles. The van der Waals surface area contributed by atoms with Gasteiger partial charge in [0.1, 0.15) is 0 Å². The highest BCUT2D eigenvalue weighted by molar-refractivity contribution is 6.30.